The first-order valence-corrected chi connectivity index (χ1v) is 14.4. The van der Waals surface area contributed by atoms with Crippen molar-refractivity contribution in [1.82, 2.24) is 4.90 Å². The lowest BCUT2D eigenvalue weighted by molar-refractivity contribution is -0.138. The number of carbonyl (C=O) groups is 1. The Kier molecular flexibility index (Phi) is 6.89. The predicted octanol–water partition coefficient (Wildman–Crippen LogP) is 5.60. The summed E-state index contributed by atoms with van der Waals surface area (Å²) in [6, 6.07) is 19.8. The molecule has 0 radical (unpaired) electrons. The Morgan fingerprint density at radius 1 is 0.907 bits per heavy atom. The van der Waals surface area contributed by atoms with Crippen LogP contribution in [0.5, 0.6) is 23.0 Å². The Morgan fingerprint density at radius 2 is 1.67 bits per heavy atom. The van der Waals surface area contributed by atoms with E-state index < -0.39 is 17.6 Å². The molecule has 218 valence electrons. The summed E-state index contributed by atoms with van der Waals surface area (Å²) in [6.45, 7) is 0.611. The average molecular weight is 578 g/mol. The maximum Gasteiger partial charge on any atom is 0.339 e. The smallest absolute Gasteiger partial charge is 0.339 e. The second-order valence-corrected chi connectivity index (χ2v) is 10.9. The molecule has 0 bridgehead atoms. The highest BCUT2D eigenvalue weighted by Gasteiger charge is 2.45. The van der Waals surface area contributed by atoms with E-state index in [1.54, 1.807) is 26.4 Å². The zero-order valence-electron chi connectivity index (χ0n) is 23.9. The summed E-state index contributed by atoms with van der Waals surface area (Å²) in [5.74, 6) is 1.74. The monoisotopic (exact) mass is 577 g/mol. The molecule has 0 fully saturated rings. The molecule has 3 heterocycles. The van der Waals surface area contributed by atoms with E-state index in [1.165, 1.54) is 6.07 Å². The topological polar surface area (TPSA) is 87.4 Å². The minimum atomic E-state index is -0.501. The molecule has 0 N–H and O–H groups in total. The number of para-hydroxylation sites is 2. The zero-order chi connectivity index (χ0) is 29.5. The van der Waals surface area contributed by atoms with Gasteiger partial charge in [0.05, 0.1) is 37.6 Å². The van der Waals surface area contributed by atoms with E-state index in [0.29, 0.717) is 41.2 Å². The number of fused-ring (bicyclic) bond motifs is 4. The van der Waals surface area contributed by atoms with Gasteiger partial charge in [-0.25, -0.2) is 4.79 Å². The third-order valence-corrected chi connectivity index (χ3v) is 8.59. The summed E-state index contributed by atoms with van der Waals surface area (Å²) in [6.07, 6.45) is 8.43. The van der Waals surface area contributed by atoms with E-state index in [2.05, 4.69) is 6.08 Å². The van der Waals surface area contributed by atoms with E-state index in [1.807, 2.05) is 71.7 Å². The molecule has 1 aromatic heterocycles. The van der Waals surface area contributed by atoms with Crippen molar-refractivity contribution in [2.75, 3.05) is 27.4 Å². The molecule has 8 nitrogen and oxygen atoms in total. The molecular weight excluding hydrogens is 546 g/mol. The van der Waals surface area contributed by atoms with Crippen molar-refractivity contribution in [1.29, 1.82) is 0 Å². The van der Waals surface area contributed by atoms with Gasteiger partial charge in [-0.2, -0.15) is 0 Å². The SMILES string of the molecule is COc1cc2c(cc1OC)C(COc1cc(=O)oc3ccccc13)N(C(=O)C1c3ccccc3OC3C=CC=CC31)CC2. The number of benzene rings is 3. The number of rotatable bonds is 6. The number of allylic oxidation sites excluding steroid dienone is 2. The van der Waals surface area contributed by atoms with Crippen LogP contribution in [0, 0.1) is 5.92 Å². The van der Waals surface area contributed by atoms with Crippen LogP contribution >= 0.6 is 0 Å². The Labute approximate surface area is 248 Å². The fourth-order valence-electron chi connectivity index (χ4n) is 6.54. The molecule has 4 atom stereocenters. The lowest BCUT2D eigenvalue weighted by Gasteiger charge is -2.43. The Morgan fingerprint density at radius 3 is 2.53 bits per heavy atom. The highest BCUT2D eigenvalue weighted by Crippen LogP contribution is 2.46. The molecule has 8 heteroatoms. The number of carbonyl (C=O) groups excluding carboxylic acids is 1. The van der Waals surface area contributed by atoms with Crippen molar-refractivity contribution in [3.8, 4) is 23.0 Å². The largest absolute Gasteiger partial charge is 0.493 e. The maximum atomic E-state index is 14.8. The third kappa shape index (κ3) is 4.73. The highest BCUT2D eigenvalue weighted by atomic mass is 16.5. The number of hydrogen-bond acceptors (Lipinski definition) is 7. The van der Waals surface area contributed by atoms with Crippen LogP contribution in [-0.4, -0.2) is 44.3 Å². The summed E-state index contributed by atoms with van der Waals surface area (Å²) in [5, 5.41) is 0.684. The number of hydrogen-bond donors (Lipinski definition) is 0. The molecule has 0 saturated carbocycles. The van der Waals surface area contributed by atoms with Gasteiger partial charge in [-0.1, -0.05) is 48.6 Å². The van der Waals surface area contributed by atoms with Crippen molar-refractivity contribution < 1.29 is 28.2 Å². The van der Waals surface area contributed by atoms with E-state index in [9.17, 15) is 9.59 Å². The quantitative estimate of drug-likeness (QED) is 0.276. The lowest BCUT2D eigenvalue weighted by Crippen LogP contribution is -2.48. The molecular formula is C35H31NO7. The first-order chi connectivity index (χ1) is 21.1. The summed E-state index contributed by atoms with van der Waals surface area (Å²) in [5.41, 5.74) is 2.78. The van der Waals surface area contributed by atoms with Gasteiger partial charge in [0.1, 0.15) is 29.8 Å². The minimum absolute atomic E-state index is 0.00262. The van der Waals surface area contributed by atoms with Crippen LogP contribution in [0.25, 0.3) is 11.0 Å². The van der Waals surface area contributed by atoms with Gasteiger partial charge in [0.15, 0.2) is 11.5 Å². The molecule has 2 aliphatic heterocycles. The second-order valence-electron chi connectivity index (χ2n) is 10.9. The van der Waals surface area contributed by atoms with Crippen LogP contribution in [-0.2, 0) is 11.2 Å². The fourth-order valence-corrected chi connectivity index (χ4v) is 6.54. The van der Waals surface area contributed by atoms with E-state index in [4.69, 9.17) is 23.4 Å². The van der Waals surface area contributed by atoms with Crippen molar-refractivity contribution in [2.24, 2.45) is 5.92 Å². The summed E-state index contributed by atoms with van der Waals surface area (Å²) in [7, 11) is 3.21. The van der Waals surface area contributed by atoms with Gasteiger partial charge >= 0.3 is 5.63 Å². The highest BCUT2D eigenvalue weighted by molar-refractivity contribution is 5.87. The van der Waals surface area contributed by atoms with Gasteiger partial charge in [-0.15, -0.1) is 0 Å². The van der Waals surface area contributed by atoms with Crippen LogP contribution in [0.1, 0.15) is 28.7 Å². The minimum Gasteiger partial charge on any atom is -0.493 e. The second kappa shape index (κ2) is 11.0. The van der Waals surface area contributed by atoms with Gasteiger partial charge in [-0.3, -0.25) is 4.79 Å². The van der Waals surface area contributed by atoms with Crippen LogP contribution in [0.4, 0.5) is 0 Å². The molecule has 1 amide bonds. The first-order valence-electron chi connectivity index (χ1n) is 14.4. The van der Waals surface area contributed by atoms with Crippen LogP contribution in [0.3, 0.4) is 0 Å². The third-order valence-electron chi connectivity index (χ3n) is 8.59. The first kappa shape index (κ1) is 26.9. The van der Waals surface area contributed by atoms with Crippen molar-refractivity contribution in [3.63, 3.8) is 0 Å². The van der Waals surface area contributed by atoms with Crippen LogP contribution in [0.15, 0.2) is 100 Å². The molecule has 4 unspecified atom stereocenters. The van der Waals surface area contributed by atoms with E-state index in [-0.39, 0.29) is 24.5 Å². The van der Waals surface area contributed by atoms with E-state index in [0.717, 1.165) is 22.4 Å². The predicted molar refractivity (Wildman–Crippen MR) is 161 cm³/mol. The molecule has 4 aromatic rings. The van der Waals surface area contributed by atoms with Crippen molar-refractivity contribution in [2.45, 2.75) is 24.5 Å². The summed E-state index contributed by atoms with van der Waals surface area (Å²) >= 11 is 0. The van der Waals surface area contributed by atoms with Gasteiger partial charge in [-0.05, 0) is 54.0 Å². The Hall–Kier alpha value is -4.98. The van der Waals surface area contributed by atoms with Crippen LogP contribution in [0.2, 0.25) is 0 Å². The molecule has 7 rings (SSSR count). The molecule has 3 aliphatic rings. The van der Waals surface area contributed by atoms with Gasteiger partial charge in [0.25, 0.3) is 0 Å². The van der Waals surface area contributed by atoms with E-state index >= 15 is 0 Å². The summed E-state index contributed by atoms with van der Waals surface area (Å²) < 4.78 is 29.3. The van der Waals surface area contributed by atoms with Gasteiger partial charge in [0, 0.05) is 18.0 Å². The molecule has 3 aromatic carbocycles. The molecule has 43 heavy (non-hydrogen) atoms. The normalized spacial score (nSPS) is 21.8. The summed E-state index contributed by atoms with van der Waals surface area (Å²) in [4.78, 5) is 29.1. The van der Waals surface area contributed by atoms with Gasteiger partial charge in [0.2, 0.25) is 5.91 Å². The lowest BCUT2D eigenvalue weighted by atomic mass is 9.76. The van der Waals surface area contributed by atoms with Crippen molar-refractivity contribution in [3.05, 3.63) is 118 Å². The molecule has 1 aliphatic carbocycles. The molecule has 0 saturated heterocycles. The number of nitrogens with zero attached hydrogens (tertiary/aromatic N) is 1. The number of amides is 1. The van der Waals surface area contributed by atoms with Crippen molar-refractivity contribution >= 4 is 16.9 Å². The fraction of sp³-hybridized carbons (Fsp3) is 0.257. The Balaban J connectivity index is 1.31. The Bertz CT molecular complexity index is 1820. The standard InChI is InChI=1S/C35H31NO7/c1-39-31-17-21-15-16-36(35(38)34-23-10-4-7-13-28(23)42-29-14-8-5-11-24(29)34)26(25(21)18-32(31)40-2)20-41-30-19-33(37)43-27-12-6-3-9-22(27)30/h3-14,17-19,23,26,28,34H,15-16,20H2,1-2H3. The average Bonchev–Trinajstić information content (AvgIpc) is 3.04. The zero-order valence-corrected chi connectivity index (χ0v) is 23.9. The van der Waals surface area contributed by atoms with Gasteiger partial charge < -0.3 is 28.3 Å². The number of methoxy groups -OCH3 is 2. The van der Waals surface area contributed by atoms with Crippen LogP contribution < -0.4 is 24.6 Å². The number of ether oxygens (including phenoxy) is 4. The maximum absolute atomic E-state index is 14.8. The molecule has 0 spiro atoms.